The zero-order chi connectivity index (χ0) is 15.4. The first-order valence-corrected chi connectivity index (χ1v) is 9.78. The van der Waals surface area contributed by atoms with Gasteiger partial charge in [-0.2, -0.15) is 0 Å². The Kier molecular flexibility index (Phi) is 5.46. The Morgan fingerprint density at radius 2 is 2.14 bits per heavy atom. The van der Waals surface area contributed by atoms with Crippen LogP contribution in [0.15, 0.2) is 39.5 Å². The third-order valence-electron chi connectivity index (χ3n) is 3.77. The Bertz CT molecular complexity index is 643. The highest BCUT2D eigenvalue weighted by molar-refractivity contribution is 9.11. The van der Waals surface area contributed by atoms with Gasteiger partial charge in [0.2, 0.25) is 5.91 Å². The number of quaternary nitrogens is 1. The second kappa shape index (κ2) is 7.55. The van der Waals surface area contributed by atoms with Gasteiger partial charge in [-0.25, -0.2) is 0 Å². The van der Waals surface area contributed by atoms with Crippen molar-refractivity contribution in [3.8, 4) is 0 Å². The molecule has 0 aliphatic carbocycles. The van der Waals surface area contributed by atoms with Gasteiger partial charge in [0.1, 0.15) is 6.54 Å². The number of piperazine rings is 1. The number of nitrogens with one attached hydrogen (secondary N) is 1. The van der Waals surface area contributed by atoms with Crippen molar-refractivity contribution >= 4 is 50.6 Å². The summed E-state index contributed by atoms with van der Waals surface area (Å²) in [7, 11) is 0. The van der Waals surface area contributed by atoms with Crippen molar-refractivity contribution in [1.29, 1.82) is 0 Å². The van der Waals surface area contributed by atoms with E-state index in [-0.39, 0.29) is 5.91 Å². The van der Waals surface area contributed by atoms with Gasteiger partial charge in [-0.15, -0.1) is 22.7 Å². The molecule has 1 fully saturated rings. The molecular formula is C16H18BrN2OS2+. The molecule has 0 bridgehead atoms. The van der Waals surface area contributed by atoms with Gasteiger partial charge in [-0.3, -0.25) is 4.79 Å². The molecule has 0 atom stereocenters. The Morgan fingerprint density at radius 1 is 1.32 bits per heavy atom. The zero-order valence-electron chi connectivity index (χ0n) is 12.1. The van der Waals surface area contributed by atoms with E-state index in [0.29, 0.717) is 0 Å². The van der Waals surface area contributed by atoms with Gasteiger partial charge in [0.05, 0.1) is 34.8 Å². The Balaban J connectivity index is 1.47. The zero-order valence-corrected chi connectivity index (χ0v) is 15.3. The van der Waals surface area contributed by atoms with Crippen molar-refractivity contribution in [2.24, 2.45) is 0 Å². The molecule has 1 aliphatic rings. The predicted molar refractivity (Wildman–Crippen MR) is 96.4 cm³/mol. The second-order valence-electron chi connectivity index (χ2n) is 5.31. The van der Waals surface area contributed by atoms with Gasteiger partial charge >= 0.3 is 0 Å². The van der Waals surface area contributed by atoms with Crippen molar-refractivity contribution in [2.45, 2.75) is 6.54 Å². The van der Waals surface area contributed by atoms with Crippen LogP contribution in [0.4, 0.5) is 0 Å². The molecule has 1 amide bonds. The van der Waals surface area contributed by atoms with E-state index in [9.17, 15) is 4.79 Å². The molecular weight excluding hydrogens is 380 g/mol. The molecule has 3 rings (SSSR count). The van der Waals surface area contributed by atoms with Crippen LogP contribution in [0.5, 0.6) is 0 Å². The molecule has 1 saturated heterocycles. The maximum absolute atomic E-state index is 12.2. The van der Waals surface area contributed by atoms with E-state index in [0.717, 1.165) is 37.6 Å². The highest BCUT2D eigenvalue weighted by atomic mass is 79.9. The minimum absolute atomic E-state index is 0.131. The highest BCUT2D eigenvalue weighted by Gasteiger charge is 2.22. The van der Waals surface area contributed by atoms with Crippen molar-refractivity contribution in [1.82, 2.24) is 4.90 Å². The summed E-state index contributed by atoms with van der Waals surface area (Å²) in [5, 5.41) is 2.02. The van der Waals surface area contributed by atoms with Gasteiger partial charge in [0.15, 0.2) is 0 Å². The SMILES string of the molecule is O=C(/C=C/c1cccs1)N1CC[NH+](Cc2ccc(Br)s2)CC1. The summed E-state index contributed by atoms with van der Waals surface area (Å²) in [6.45, 7) is 4.79. The summed E-state index contributed by atoms with van der Waals surface area (Å²) < 4.78 is 1.19. The molecule has 116 valence electrons. The number of carbonyl (C=O) groups is 1. The standard InChI is InChI=1S/C16H17BrN2OS2/c17-15-5-3-14(22-15)12-18-7-9-19(10-8-18)16(20)6-4-13-2-1-11-21-13/h1-6,11H,7-10,12H2/p+1/b6-4+. The smallest absolute Gasteiger partial charge is 0.247 e. The lowest BCUT2D eigenvalue weighted by Gasteiger charge is -2.31. The molecule has 0 radical (unpaired) electrons. The summed E-state index contributed by atoms with van der Waals surface area (Å²) in [6, 6.07) is 8.31. The lowest BCUT2D eigenvalue weighted by molar-refractivity contribution is -0.917. The lowest BCUT2D eigenvalue weighted by Crippen LogP contribution is -3.13. The van der Waals surface area contributed by atoms with E-state index < -0.39 is 0 Å². The summed E-state index contributed by atoms with van der Waals surface area (Å²) in [4.78, 5) is 18.2. The van der Waals surface area contributed by atoms with Gasteiger partial charge in [0.25, 0.3) is 0 Å². The Hall–Kier alpha value is -0.950. The first-order valence-electron chi connectivity index (χ1n) is 7.29. The number of thiophene rings is 2. The topological polar surface area (TPSA) is 24.8 Å². The van der Waals surface area contributed by atoms with E-state index in [1.165, 1.54) is 8.66 Å². The lowest BCUT2D eigenvalue weighted by atomic mass is 10.3. The molecule has 0 spiro atoms. The number of rotatable bonds is 4. The first-order chi connectivity index (χ1) is 10.7. The monoisotopic (exact) mass is 397 g/mol. The third-order valence-corrected chi connectivity index (χ3v) is 6.23. The molecule has 0 unspecified atom stereocenters. The van der Waals surface area contributed by atoms with Gasteiger partial charge < -0.3 is 9.80 Å². The number of nitrogens with zero attached hydrogens (tertiary/aromatic N) is 1. The molecule has 1 aliphatic heterocycles. The molecule has 0 aromatic carbocycles. The van der Waals surface area contributed by atoms with E-state index in [4.69, 9.17) is 0 Å². The molecule has 2 aromatic rings. The van der Waals surface area contributed by atoms with E-state index >= 15 is 0 Å². The third kappa shape index (κ3) is 4.29. The van der Waals surface area contributed by atoms with Crippen LogP contribution >= 0.6 is 38.6 Å². The summed E-state index contributed by atoms with van der Waals surface area (Å²) in [5.74, 6) is 0.131. The molecule has 0 saturated carbocycles. The molecule has 3 nitrogen and oxygen atoms in total. The molecule has 1 N–H and O–H groups in total. The van der Waals surface area contributed by atoms with Gasteiger partial charge in [0, 0.05) is 11.0 Å². The summed E-state index contributed by atoms with van der Waals surface area (Å²) in [5.41, 5.74) is 0. The van der Waals surface area contributed by atoms with Crippen molar-refractivity contribution in [3.63, 3.8) is 0 Å². The maximum Gasteiger partial charge on any atom is 0.247 e. The Labute approximate surface area is 147 Å². The average Bonchev–Trinajstić information content (AvgIpc) is 3.17. The fourth-order valence-corrected chi connectivity index (χ4v) is 4.73. The van der Waals surface area contributed by atoms with E-state index in [2.05, 4.69) is 28.1 Å². The molecule has 22 heavy (non-hydrogen) atoms. The van der Waals surface area contributed by atoms with Crippen LogP contribution in [-0.2, 0) is 11.3 Å². The minimum atomic E-state index is 0.131. The van der Waals surface area contributed by atoms with Crippen molar-refractivity contribution < 1.29 is 9.69 Å². The highest BCUT2D eigenvalue weighted by Crippen LogP contribution is 2.21. The second-order valence-corrected chi connectivity index (χ2v) is 8.83. The van der Waals surface area contributed by atoms with Crippen molar-refractivity contribution in [2.75, 3.05) is 26.2 Å². The molecule has 2 aromatic heterocycles. The number of carbonyl (C=O) groups excluding carboxylic acids is 1. The van der Waals surface area contributed by atoms with Crippen LogP contribution in [0.1, 0.15) is 9.75 Å². The van der Waals surface area contributed by atoms with Gasteiger partial charge in [-0.05, 0) is 45.6 Å². The van der Waals surface area contributed by atoms with E-state index in [1.807, 2.05) is 28.5 Å². The summed E-state index contributed by atoms with van der Waals surface area (Å²) >= 11 is 6.96. The van der Waals surface area contributed by atoms with Crippen LogP contribution < -0.4 is 4.90 Å². The number of halogens is 1. The van der Waals surface area contributed by atoms with E-state index in [1.54, 1.807) is 33.6 Å². The average molecular weight is 398 g/mol. The fourth-order valence-electron chi connectivity index (χ4n) is 2.56. The van der Waals surface area contributed by atoms with Crippen LogP contribution in [-0.4, -0.2) is 37.0 Å². The predicted octanol–water partition coefficient (Wildman–Crippen LogP) is 2.51. The number of amides is 1. The largest absolute Gasteiger partial charge is 0.328 e. The number of hydrogen-bond donors (Lipinski definition) is 1. The minimum Gasteiger partial charge on any atom is -0.328 e. The molecule has 3 heterocycles. The normalized spacial score (nSPS) is 16.5. The maximum atomic E-state index is 12.2. The number of hydrogen-bond acceptors (Lipinski definition) is 3. The summed E-state index contributed by atoms with van der Waals surface area (Å²) in [6.07, 6.45) is 3.61. The van der Waals surface area contributed by atoms with Crippen LogP contribution in [0, 0.1) is 0 Å². The van der Waals surface area contributed by atoms with Crippen LogP contribution in [0.3, 0.4) is 0 Å². The first kappa shape index (κ1) is 15.9. The van der Waals surface area contributed by atoms with Crippen LogP contribution in [0.25, 0.3) is 6.08 Å². The molecule has 6 heteroatoms. The van der Waals surface area contributed by atoms with Crippen molar-refractivity contribution in [3.05, 3.63) is 49.3 Å². The van der Waals surface area contributed by atoms with Crippen LogP contribution in [0.2, 0.25) is 0 Å². The fraction of sp³-hybridized carbons (Fsp3) is 0.312. The van der Waals surface area contributed by atoms with Gasteiger partial charge in [-0.1, -0.05) is 6.07 Å². The quantitative estimate of drug-likeness (QED) is 0.787. The Morgan fingerprint density at radius 3 is 2.77 bits per heavy atom.